The number of aryl methyl sites for hydroxylation is 1. The molecule has 1 aromatic heterocycles. The Morgan fingerprint density at radius 1 is 0.850 bits per heavy atom. The topological polar surface area (TPSA) is 32.9 Å². The minimum atomic E-state index is -0.0258. The van der Waals surface area contributed by atoms with Crippen molar-refractivity contribution in [3.63, 3.8) is 0 Å². The molecule has 2 heteroatoms. The van der Waals surface area contributed by atoms with Crippen molar-refractivity contribution >= 4 is 32.4 Å². The molecule has 0 unspecified atom stereocenters. The summed E-state index contributed by atoms with van der Waals surface area (Å²) in [4.78, 5) is 15.2. The van der Waals surface area contributed by atoms with Crippen LogP contribution in [0.1, 0.15) is 5.56 Å². The summed E-state index contributed by atoms with van der Waals surface area (Å²) in [5, 5.41) is 5.20. The van der Waals surface area contributed by atoms with E-state index in [1.54, 1.807) is 0 Å². The highest BCUT2D eigenvalue weighted by Crippen LogP contribution is 2.29. The molecule has 4 aromatic rings. The molecule has 20 heavy (non-hydrogen) atoms. The van der Waals surface area contributed by atoms with Crippen LogP contribution < -0.4 is 5.56 Å². The largest absolute Gasteiger partial charge is 0.321 e. The second kappa shape index (κ2) is 3.94. The van der Waals surface area contributed by atoms with Crippen molar-refractivity contribution in [3.05, 3.63) is 70.5 Å². The van der Waals surface area contributed by atoms with E-state index in [2.05, 4.69) is 30.1 Å². The Bertz CT molecular complexity index is 1030. The predicted octanol–water partition coefficient (Wildman–Crippen LogP) is 4.14. The van der Waals surface area contributed by atoms with E-state index in [-0.39, 0.29) is 5.56 Å². The molecule has 1 N–H and O–H groups in total. The van der Waals surface area contributed by atoms with Crippen LogP contribution in [-0.2, 0) is 0 Å². The highest BCUT2D eigenvalue weighted by atomic mass is 16.1. The summed E-state index contributed by atoms with van der Waals surface area (Å²) < 4.78 is 0. The molecule has 1 heterocycles. The maximum absolute atomic E-state index is 12.3. The summed E-state index contributed by atoms with van der Waals surface area (Å²) in [6.07, 6.45) is 0. The van der Waals surface area contributed by atoms with Gasteiger partial charge in [-0.25, -0.2) is 0 Å². The van der Waals surface area contributed by atoms with Crippen molar-refractivity contribution in [2.45, 2.75) is 6.92 Å². The van der Waals surface area contributed by atoms with Crippen LogP contribution in [-0.4, -0.2) is 4.98 Å². The Balaban J connectivity index is 2.42. The van der Waals surface area contributed by atoms with Gasteiger partial charge in [0.1, 0.15) is 0 Å². The van der Waals surface area contributed by atoms with E-state index in [0.29, 0.717) is 0 Å². The van der Waals surface area contributed by atoms with Crippen LogP contribution in [0.5, 0.6) is 0 Å². The second-order valence-corrected chi connectivity index (χ2v) is 5.21. The molecular weight excluding hydrogens is 246 g/mol. The lowest BCUT2D eigenvalue weighted by Gasteiger charge is -2.08. The summed E-state index contributed by atoms with van der Waals surface area (Å²) in [6, 6.07) is 18.3. The molecule has 0 spiro atoms. The number of H-pyrrole nitrogens is 1. The van der Waals surface area contributed by atoms with Gasteiger partial charge >= 0.3 is 0 Å². The molecule has 0 aliphatic rings. The average molecular weight is 259 g/mol. The summed E-state index contributed by atoms with van der Waals surface area (Å²) >= 11 is 0. The molecule has 0 fully saturated rings. The number of rotatable bonds is 0. The van der Waals surface area contributed by atoms with Gasteiger partial charge in [-0.1, -0.05) is 42.0 Å². The number of aromatic nitrogens is 1. The first-order valence-corrected chi connectivity index (χ1v) is 6.68. The average Bonchev–Trinajstić information content (AvgIpc) is 2.47. The minimum Gasteiger partial charge on any atom is -0.321 e. The molecule has 3 aromatic carbocycles. The summed E-state index contributed by atoms with van der Waals surface area (Å²) in [6.45, 7) is 2.07. The van der Waals surface area contributed by atoms with E-state index in [4.69, 9.17) is 0 Å². The van der Waals surface area contributed by atoms with Crippen LogP contribution in [0, 0.1) is 6.92 Å². The third-order valence-corrected chi connectivity index (χ3v) is 3.87. The zero-order valence-electron chi connectivity index (χ0n) is 11.1. The number of nitrogens with one attached hydrogen (secondary N) is 1. The number of pyridine rings is 1. The molecule has 0 amide bonds. The summed E-state index contributed by atoms with van der Waals surface area (Å²) in [5.74, 6) is 0. The molecule has 0 radical (unpaired) electrons. The molecule has 0 saturated heterocycles. The first-order valence-electron chi connectivity index (χ1n) is 6.68. The third kappa shape index (κ3) is 1.48. The Labute approximate surface area is 115 Å². The third-order valence-electron chi connectivity index (χ3n) is 3.87. The van der Waals surface area contributed by atoms with Crippen LogP contribution in [0.4, 0.5) is 0 Å². The van der Waals surface area contributed by atoms with Crippen LogP contribution in [0.2, 0.25) is 0 Å². The predicted molar refractivity (Wildman–Crippen MR) is 84.3 cm³/mol. The fourth-order valence-corrected chi connectivity index (χ4v) is 2.91. The van der Waals surface area contributed by atoms with Crippen molar-refractivity contribution < 1.29 is 0 Å². The summed E-state index contributed by atoms with van der Waals surface area (Å²) in [7, 11) is 0. The lowest BCUT2D eigenvalue weighted by Crippen LogP contribution is -2.06. The van der Waals surface area contributed by atoms with Crippen LogP contribution in [0.15, 0.2) is 59.4 Å². The molecule has 96 valence electrons. The van der Waals surface area contributed by atoms with E-state index in [0.717, 1.165) is 32.4 Å². The lowest BCUT2D eigenvalue weighted by atomic mass is 9.98. The first-order chi connectivity index (χ1) is 9.74. The van der Waals surface area contributed by atoms with Gasteiger partial charge < -0.3 is 4.98 Å². The smallest absolute Gasteiger partial charge is 0.256 e. The van der Waals surface area contributed by atoms with Gasteiger partial charge in [0.15, 0.2) is 0 Å². The highest BCUT2D eigenvalue weighted by Gasteiger charge is 2.08. The van der Waals surface area contributed by atoms with E-state index < -0.39 is 0 Å². The minimum absolute atomic E-state index is 0.0258. The van der Waals surface area contributed by atoms with Gasteiger partial charge in [-0.3, -0.25) is 4.79 Å². The SMILES string of the molecule is Cc1ccc2[nH]c(=O)c3ccc4ccccc4c3c2c1. The molecule has 0 aliphatic heterocycles. The van der Waals surface area contributed by atoms with Gasteiger partial charge in [0.05, 0.1) is 0 Å². The zero-order valence-corrected chi connectivity index (χ0v) is 11.1. The van der Waals surface area contributed by atoms with Gasteiger partial charge in [0, 0.05) is 21.7 Å². The molecule has 0 atom stereocenters. The maximum atomic E-state index is 12.3. The van der Waals surface area contributed by atoms with E-state index in [9.17, 15) is 4.79 Å². The molecule has 4 rings (SSSR count). The number of hydrogen-bond donors (Lipinski definition) is 1. The number of aromatic amines is 1. The quantitative estimate of drug-likeness (QED) is 0.473. The number of benzene rings is 3. The van der Waals surface area contributed by atoms with Crippen LogP contribution >= 0.6 is 0 Å². The Morgan fingerprint density at radius 3 is 2.60 bits per heavy atom. The van der Waals surface area contributed by atoms with E-state index >= 15 is 0 Å². The van der Waals surface area contributed by atoms with Crippen molar-refractivity contribution in [1.29, 1.82) is 0 Å². The Kier molecular flexibility index (Phi) is 2.21. The van der Waals surface area contributed by atoms with Crippen molar-refractivity contribution in [2.75, 3.05) is 0 Å². The monoisotopic (exact) mass is 259 g/mol. The molecule has 2 nitrogen and oxygen atoms in total. The Hall–Kier alpha value is -2.61. The van der Waals surface area contributed by atoms with Gasteiger partial charge in [-0.05, 0) is 35.9 Å². The fourth-order valence-electron chi connectivity index (χ4n) is 2.91. The van der Waals surface area contributed by atoms with E-state index in [1.807, 2.05) is 36.4 Å². The molecule has 0 saturated carbocycles. The lowest BCUT2D eigenvalue weighted by molar-refractivity contribution is 1.34. The van der Waals surface area contributed by atoms with Crippen molar-refractivity contribution in [2.24, 2.45) is 0 Å². The normalized spacial score (nSPS) is 11.4. The van der Waals surface area contributed by atoms with Gasteiger partial charge in [-0.2, -0.15) is 0 Å². The molecule has 0 aliphatic carbocycles. The summed E-state index contributed by atoms with van der Waals surface area (Å²) in [5.41, 5.74) is 2.06. The molecular formula is C18H13NO. The zero-order chi connectivity index (χ0) is 13.7. The second-order valence-electron chi connectivity index (χ2n) is 5.21. The van der Waals surface area contributed by atoms with E-state index in [1.165, 1.54) is 5.56 Å². The Morgan fingerprint density at radius 2 is 1.70 bits per heavy atom. The molecule has 0 bridgehead atoms. The van der Waals surface area contributed by atoms with Crippen molar-refractivity contribution in [1.82, 2.24) is 4.98 Å². The maximum Gasteiger partial charge on any atom is 0.256 e. The van der Waals surface area contributed by atoms with Gasteiger partial charge in [0.2, 0.25) is 0 Å². The first kappa shape index (κ1) is 11.2. The fraction of sp³-hybridized carbons (Fsp3) is 0.0556. The highest BCUT2D eigenvalue weighted by molar-refractivity contribution is 6.19. The van der Waals surface area contributed by atoms with Crippen LogP contribution in [0.3, 0.4) is 0 Å². The number of fused-ring (bicyclic) bond motifs is 5. The standard InChI is InChI=1S/C18H13NO/c1-11-6-9-16-15(10-11)17-13-5-3-2-4-12(13)7-8-14(17)18(20)19-16/h2-10H,1H3,(H,19,20). The van der Waals surface area contributed by atoms with Gasteiger partial charge in [0.25, 0.3) is 5.56 Å². The van der Waals surface area contributed by atoms with Crippen molar-refractivity contribution in [3.8, 4) is 0 Å². The van der Waals surface area contributed by atoms with Gasteiger partial charge in [-0.15, -0.1) is 0 Å². The van der Waals surface area contributed by atoms with Crippen LogP contribution in [0.25, 0.3) is 32.4 Å². The number of hydrogen-bond acceptors (Lipinski definition) is 1.